The Bertz CT molecular complexity index is 325. The molecule has 0 amide bonds. The summed E-state index contributed by atoms with van der Waals surface area (Å²) in [6.45, 7) is 6.79. The Morgan fingerprint density at radius 2 is 1.94 bits per heavy atom. The Hall–Kier alpha value is -0.690. The van der Waals surface area contributed by atoms with E-state index >= 15 is 0 Å². The van der Waals surface area contributed by atoms with E-state index in [4.69, 9.17) is 0 Å². The highest BCUT2D eigenvalue weighted by Crippen LogP contribution is 2.23. The van der Waals surface area contributed by atoms with Gasteiger partial charge < -0.3 is 0 Å². The average molecular weight is 248 g/mol. The summed E-state index contributed by atoms with van der Waals surface area (Å²) in [5.74, 6) is 1.94. The zero-order valence-electron chi connectivity index (χ0n) is 11.3. The summed E-state index contributed by atoms with van der Waals surface area (Å²) in [5, 5.41) is 0. The van der Waals surface area contributed by atoms with E-state index in [1.54, 1.807) is 4.91 Å². The van der Waals surface area contributed by atoms with Crippen LogP contribution in [0.15, 0.2) is 41.3 Å². The van der Waals surface area contributed by atoms with E-state index < -0.39 is 0 Å². The second-order valence-corrected chi connectivity index (χ2v) is 6.11. The summed E-state index contributed by atoms with van der Waals surface area (Å²) >= 11 is 2.00. The van der Waals surface area contributed by atoms with Gasteiger partial charge in [-0.25, -0.2) is 0 Å². The fraction of sp³-hybridized carbons (Fsp3) is 0.500. The Balaban J connectivity index is 2.47. The Kier molecular flexibility index (Phi) is 7.11. The van der Waals surface area contributed by atoms with Gasteiger partial charge in [0.25, 0.3) is 0 Å². The predicted octanol–water partition coefficient (Wildman–Crippen LogP) is 5.30. The van der Waals surface area contributed by atoms with E-state index in [1.165, 1.54) is 24.2 Å². The van der Waals surface area contributed by atoms with Crippen molar-refractivity contribution in [3.8, 4) is 0 Å². The fourth-order valence-corrected chi connectivity index (χ4v) is 2.53. The first-order chi connectivity index (χ1) is 8.22. The van der Waals surface area contributed by atoms with Crippen molar-refractivity contribution in [2.24, 2.45) is 5.92 Å². The minimum absolute atomic E-state index is 0.763. The van der Waals surface area contributed by atoms with Crippen LogP contribution in [0.2, 0.25) is 0 Å². The minimum atomic E-state index is 0.763. The third kappa shape index (κ3) is 6.58. The first-order valence-corrected chi connectivity index (χ1v) is 7.56. The van der Waals surface area contributed by atoms with Crippen molar-refractivity contribution in [1.82, 2.24) is 0 Å². The topological polar surface area (TPSA) is 0 Å². The molecular formula is C16H24S. The molecule has 0 saturated carbocycles. The zero-order chi connectivity index (χ0) is 12.5. The summed E-state index contributed by atoms with van der Waals surface area (Å²) in [7, 11) is 0. The summed E-state index contributed by atoms with van der Waals surface area (Å²) in [5.41, 5.74) is 1.44. The van der Waals surface area contributed by atoms with Gasteiger partial charge >= 0.3 is 0 Å². The Labute approximate surface area is 111 Å². The largest absolute Gasteiger partial charge is 0.131 e. The average Bonchev–Trinajstić information content (AvgIpc) is 2.34. The number of hydrogen-bond donors (Lipinski definition) is 0. The van der Waals surface area contributed by atoms with Gasteiger partial charge in [-0.15, -0.1) is 11.8 Å². The van der Waals surface area contributed by atoms with Crippen LogP contribution in [0.3, 0.4) is 0 Å². The van der Waals surface area contributed by atoms with Gasteiger partial charge in [-0.1, -0.05) is 57.2 Å². The van der Waals surface area contributed by atoms with Crippen LogP contribution in [-0.2, 0) is 6.42 Å². The maximum Gasteiger partial charge on any atom is -0.00518 e. The molecular weight excluding hydrogens is 224 g/mol. The molecule has 1 aromatic carbocycles. The number of benzene rings is 1. The molecule has 1 heteroatoms. The second kappa shape index (κ2) is 8.41. The SMILES string of the molecule is CCS/C(=C\CC(C)C)CCc1ccccc1. The number of rotatable bonds is 7. The molecule has 0 aliphatic heterocycles. The third-order valence-corrected chi connectivity index (χ3v) is 3.68. The lowest BCUT2D eigenvalue weighted by Gasteiger charge is -2.07. The zero-order valence-corrected chi connectivity index (χ0v) is 12.1. The lowest BCUT2D eigenvalue weighted by atomic mass is 10.1. The molecule has 0 N–H and O–H groups in total. The number of thioether (sulfide) groups is 1. The van der Waals surface area contributed by atoms with Crippen molar-refractivity contribution in [1.29, 1.82) is 0 Å². The first-order valence-electron chi connectivity index (χ1n) is 6.58. The van der Waals surface area contributed by atoms with Crippen LogP contribution in [0, 0.1) is 5.92 Å². The van der Waals surface area contributed by atoms with Crippen LogP contribution in [0.5, 0.6) is 0 Å². The molecule has 1 aromatic rings. The summed E-state index contributed by atoms with van der Waals surface area (Å²) in [4.78, 5) is 1.56. The van der Waals surface area contributed by atoms with Crippen LogP contribution < -0.4 is 0 Å². The van der Waals surface area contributed by atoms with Crippen molar-refractivity contribution in [3.05, 3.63) is 46.9 Å². The summed E-state index contributed by atoms with van der Waals surface area (Å²) in [6, 6.07) is 10.8. The highest BCUT2D eigenvalue weighted by molar-refractivity contribution is 8.03. The molecule has 0 spiro atoms. The van der Waals surface area contributed by atoms with Crippen molar-refractivity contribution < 1.29 is 0 Å². The molecule has 0 nitrogen and oxygen atoms in total. The van der Waals surface area contributed by atoms with E-state index in [1.807, 2.05) is 11.8 Å². The van der Waals surface area contributed by atoms with E-state index in [0.29, 0.717) is 0 Å². The summed E-state index contributed by atoms with van der Waals surface area (Å²) < 4.78 is 0. The van der Waals surface area contributed by atoms with Gasteiger partial charge in [0.1, 0.15) is 0 Å². The van der Waals surface area contributed by atoms with E-state index in [2.05, 4.69) is 57.2 Å². The molecule has 0 atom stereocenters. The molecule has 0 fully saturated rings. The lowest BCUT2D eigenvalue weighted by molar-refractivity contribution is 0.661. The molecule has 0 aromatic heterocycles. The quantitative estimate of drug-likeness (QED) is 0.630. The van der Waals surface area contributed by atoms with Gasteiger partial charge in [0.05, 0.1) is 0 Å². The van der Waals surface area contributed by atoms with Gasteiger partial charge in [0.2, 0.25) is 0 Å². The molecule has 1 rings (SSSR count). The number of hydrogen-bond acceptors (Lipinski definition) is 1. The maximum absolute atomic E-state index is 2.43. The minimum Gasteiger partial charge on any atom is -0.131 e. The van der Waals surface area contributed by atoms with Crippen LogP contribution in [0.1, 0.15) is 39.2 Å². The van der Waals surface area contributed by atoms with Gasteiger partial charge in [-0.3, -0.25) is 0 Å². The molecule has 0 unspecified atom stereocenters. The van der Waals surface area contributed by atoms with Crippen molar-refractivity contribution in [2.45, 2.75) is 40.0 Å². The van der Waals surface area contributed by atoms with Crippen LogP contribution in [0.4, 0.5) is 0 Å². The monoisotopic (exact) mass is 248 g/mol. The lowest BCUT2D eigenvalue weighted by Crippen LogP contribution is -1.89. The smallest absolute Gasteiger partial charge is 0.00518 e. The highest BCUT2D eigenvalue weighted by Gasteiger charge is 2.00. The van der Waals surface area contributed by atoms with E-state index in [9.17, 15) is 0 Å². The van der Waals surface area contributed by atoms with Gasteiger partial charge in [0, 0.05) is 0 Å². The standard InChI is InChI=1S/C16H24S/c1-4-17-16(12-10-14(2)3)13-11-15-8-6-5-7-9-15/h5-9,12,14H,4,10-11,13H2,1-3H3/b16-12-. The van der Waals surface area contributed by atoms with Gasteiger partial charge in [-0.05, 0) is 41.4 Å². The second-order valence-electron chi connectivity index (χ2n) is 4.72. The Morgan fingerprint density at radius 1 is 1.24 bits per heavy atom. The molecule has 0 heterocycles. The molecule has 0 aliphatic carbocycles. The molecule has 94 valence electrons. The Morgan fingerprint density at radius 3 is 2.53 bits per heavy atom. The van der Waals surface area contributed by atoms with Crippen LogP contribution >= 0.6 is 11.8 Å². The summed E-state index contributed by atoms with van der Waals surface area (Å²) in [6.07, 6.45) is 5.99. The third-order valence-electron chi connectivity index (χ3n) is 2.65. The first kappa shape index (κ1) is 14.4. The maximum atomic E-state index is 2.43. The normalized spacial score (nSPS) is 12.1. The number of aryl methyl sites for hydroxylation is 1. The van der Waals surface area contributed by atoms with Crippen molar-refractivity contribution >= 4 is 11.8 Å². The molecule has 0 saturated heterocycles. The van der Waals surface area contributed by atoms with Crippen molar-refractivity contribution in [3.63, 3.8) is 0 Å². The molecule has 0 aliphatic rings. The van der Waals surface area contributed by atoms with E-state index in [0.717, 1.165) is 12.3 Å². The molecule has 17 heavy (non-hydrogen) atoms. The molecule has 0 bridgehead atoms. The fourth-order valence-electron chi connectivity index (χ4n) is 1.70. The van der Waals surface area contributed by atoms with Crippen LogP contribution in [0.25, 0.3) is 0 Å². The van der Waals surface area contributed by atoms with E-state index in [-0.39, 0.29) is 0 Å². The highest BCUT2D eigenvalue weighted by atomic mass is 32.2. The van der Waals surface area contributed by atoms with Crippen molar-refractivity contribution in [2.75, 3.05) is 5.75 Å². The van der Waals surface area contributed by atoms with Gasteiger partial charge in [-0.2, -0.15) is 0 Å². The van der Waals surface area contributed by atoms with Gasteiger partial charge in [0.15, 0.2) is 0 Å². The number of allylic oxidation sites excluding steroid dienone is 2. The molecule has 0 radical (unpaired) electrons. The van der Waals surface area contributed by atoms with Crippen LogP contribution in [-0.4, -0.2) is 5.75 Å². The predicted molar refractivity (Wildman–Crippen MR) is 80.4 cm³/mol.